The summed E-state index contributed by atoms with van der Waals surface area (Å²) in [7, 11) is 0. The molecule has 5 aliphatic carbocycles. The van der Waals surface area contributed by atoms with Crippen molar-refractivity contribution < 1.29 is 0 Å². The zero-order chi connectivity index (χ0) is 20.3. The van der Waals surface area contributed by atoms with Crippen molar-refractivity contribution in [2.75, 3.05) is 6.54 Å². The predicted molar refractivity (Wildman–Crippen MR) is 120 cm³/mol. The minimum atomic E-state index is 0.559. The van der Waals surface area contributed by atoms with Gasteiger partial charge in [0.2, 0.25) is 0 Å². The van der Waals surface area contributed by atoms with Crippen LogP contribution in [0, 0.1) is 58.7 Å². The van der Waals surface area contributed by atoms with E-state index in [0.717, 1.165) is 59.8 Å². The molecule has 5 fully saturated rings. The third-order valence-electron chi connectivity index (χ3n) is 10.5. The Morgan fingerprint density at radius 1 is 0.931 bits per heavy atom. The van der Waals surface area contributed by atoms with Crippen LogP contribution in [0.1, 0.15) is 85.0 Å². The van der Waals surface area contributed by atoms with Crippen LogP contribution >= 0.6 is 0 Å². The smallest absolute Gasteiger partial charge is 0.118 e. The normalized spacial score (nSPS) is 51.7. The standard InChI is InChI=1S/C25H44N4/c1-15-4-6-19-17(12-15)5-7-21-20(19)10-11-25(3)23(21)8-9-24(25)22-13-18(22)14-29(27)28-16(2)26/h15,17-24H,4-14,27H2,1-3H3,(H2,26,28)/t15?,17?,18?,19?,20?,21?,22?,23?,24-,25?/m1/s1. The molecule has 0 aromatic heterocycles. The van der Waals surface area contributed by atoms with Crippen LogP contribution in [0.4, 0.5) is 0 Å². The highest BCUT2D eigenvalue weighted by molar-refractivity contribution is 5.77. The van der Waals surface area contributed by atoms with E-state index in [2.05, 4.69) is 18.9 Å². The molecule has 0 heterocycles. The van der Waals surface area contributed by atoms with E-state index in [4.69, 9.17) is 11.6 Å². The fourth-order valence-electron chi connectivity index (χ4n) is 9.29. The van der Waals surface area contributed by atoms with Crippen molar-refractivity contribution in [3.63, 3.8) is 0 Å². The van der Waals surface area contributed by atoms with E-state index in [1.54, 1.807) is 11.5 Å². The fraction of sp³-hybridized carbons (Fsp3) is 0.960. The molecular weight excluding hydrogens is 356 g/mol. The van der Waals surface area contributed by atoms with Crippen molar-refractivity contribution in [2.45, 2.75) is 85.0 Å². The summed E-state index contributed by atoms with van der Waals surface area (Å²) in [5.74, 6) is 15.4. The van der Waals surface area contributed by atoms with E-state index >= 15 is 0 Å². The molecule has 0 radical (unpaired) electrons. The molecule has 5 rings (SSSR count). The Labute approximate surface area is 178 Å². The molecule has 0 bridgehead atoms. The molecule has 4 heteroatoms. The molecule has 5 aliphatic rings. The summed E-state index contributed by atoms with van der Waals surface area (Å²) >= 11 is 0. The zero-order valence-corrected chi connectivity index (χ0v) is 19.0. The highest BCUT2D eigenvalue weighted by Gasteiger charge is 2.61. The van der Waals surface area contributed by atoms with Crippen molar-refractivity contribution in [2.24, 2.45) is 75.4 Å². The van der Waals surface area contributed by atoms with Gasteiger partial charge < -0.3 is 5.73 Å². The number of rotatable bonds is 4. The van der Waals surface area contributed by atoms with Gasteiger partial charge >= 0.3 is 0 Å². The van der Waals surface area contributed by atoms with Gasteiger partial charge in [-0.05, 0) is 123 Å². The van der Waals surface area contributed by atoms with E-state index in [1.165, 1.54) is 57.8 Å². The fourth-order valence-corrected chi connectivity index (χ4v) is 9.29. The molecule has 0 spiro atoms. The highest BCUT2D eigenvalue weighted by atomic mass is 15.6. The molecule has 0 aromatic carbocycles. The number of hydrazine groups is 1. The lowest BCUT2D eigenvalue weighted by molar-refractivity contribution is -0.0700. The first-order valence-corrected chi connectivity index (χ1v) is 12.7. The number of amidine groups is 1. The van der Waals surface area contributed by atoms with Gasteiger partial charge in [-0.1, -0.05) is 20.3 Å². The quantitative estimate of drug-likeness (QED) is 0.302. The molecule has 0 aromatic rings. The maximum Gasteiger partial charge on any atom is 0.118 e. The van der Waals surface area contributed by atoms with Crippen molar-refractivity contribution in [3.8, 4) is 0 Å². The monoisotopic (exact) mass is 400 g/mol. The van der Waals surface area contributed by atoms with Crippen LogP contribution in [-0.4, -0.2) is 17.5 Å². The molecule has 164 valence electrons. The van der Waals surface area contributed by atoms with Gasteiger partial charge in [-0.25, -0.2) is 11.0 Å². The van der Waals surface area contributed by atoms with E-state index in [9.17, 15) is 0 Å². The molecule has 9 unspecified atom stereocenters. The molecule has 0 saturated heterocycles. The van der Waals surface area contributed by atoms with Crippen LogP contribution in [0.3, 0.4) is 0 Å². The Balaban J connectivity index is 1.25. The molecular formula is C25H44N4. The van der Waals surface area contributed by atoms with E-state index in [0.29, 0.717) is 11.3 Å². The summed E-state index contributed by atoms with van der Waals surface area (Å²) in [6, 6.07) is 0. The second-order valence-electron chi connectivity index (χ2n) is 12.1. The molecule has 5 saturated carbocycles. The molecule has 0 aliphatic heterocycles. The maximum atomic E-state index is 6.07. The Kier molecular flexibility index (Phi) is 5.16. The number of hydrogen-bond acceptors (Lipinski definition) is 3. The van der Waals surface area contributed by atoms with E-state index in [1.807, 2.05) is 6.92 Å². The van der Waals surface area contributed by atoms with Gasteiger partial charge in [0, 0.05) is 0 Å². The summed E-state index contributed by atoms with van der Waals surface area (Å²) in [4.78, 5) is 0. The minimum absolute atomic E-state index is 0.559. The second-order valence-corrected chi connectivity index (χ2v) is 12.1. The summed E-state index contributed by atoms with van der Waals surface area (Å²) in [5, 5.41) is 5.81. The van der Waals surface area contributed by atoms with Crippen LogP contribution in [0.15, 0.2) is 5.10 Å². The van der Waals surface area contributed by atoms with Gasteiger partial charge in [-0.2, -0.15) is 0 Å². The lowest BCUT2D eigenvalue weighted by Gasteiger charge is -2.56. The van der Waals surface area contributed by atoms with Crippen LogP contribution < -0.4 is 11.6 Å². The van der Waals surface area contributed by atoms with Gasteiger partial charge in [0.25, 0.3) is 0 Å². The SMILES string of the molecule is C/C(N)=N/N(N)CC1CC1[C@H]1CCC2C3CCC4CC(C)CCC4C3CCC21C. The molecule has 10 atom stereocenters. The van der Waals surface area contributed by atoms with Crippen LogP contribution in [-0.2, 0) is 0 Å². The maximum absolute atomic E-state index is 6.07. The first-order valence-electron chi connectivity index (χ1n) is 12.7. The van der Waals surface area contributed by atoms with Gasteiger partial charge in [0.05, 0.1) is 6.54 Å². The van der Waals surface area contributed by atoms with Crippen molar-refractivity contribution in [1.29, 1.82) is 0 Å². The minimum Gasteiger partial charge on any atom is -0.386 e. The molecule has 4 nitrogen and oxygen atoms in total. The highest BCUT2D eigenvalue weighted by Crippen LogP contribution is 2.68. The van der Waals surface area contributed by atoms with Crippen LogP contribution in [0.25, 0.3) is 0 Å². The lowest BCUT2D eigenvalue weighted by Crippen LogP contribution is -2.48. The Hall–Kier alpha value is -0.770. The van der Waals surface area contributed by atoms with Gasteiger partial charge in [0.1, 0.15) is 5.84 Å². The number of nitrogens with zero attached hydrogens (tertiary/aromatic N) is 2. The van der Waals surface area contributed by atoms with E-state index in [-0.39, 0.29) is 0 Å². The first kappa shape index (κ1) is 20.2. The zero-order valence-electron chi connectivity index (χ0n) is 19.0. The third-order valence-corrected chi connectivity index (χ3v) is 10.5. The largest absolute Gasteiger partial charge is 0.386 e. The number of hydrazone groups is 1. The predicted octanol–water partition coefficient (Wildman–Crippen LogP) is 5.00. The summed E-state index contributed by atoms with van der Waals surface area (Å²) in [6.45, 7) is 7.88. The van der Waals surface area contributed by atoms with Crippen molar-refractivity contribution in [1.82, 2.24) is 5.12 Å². The molecule has 0 amide bonds. The van der Waals surface area contributed by atoms with Crippen LogP contribution in [0.5, 0.6) is 0 Å². The van der Waals surface area contributed by atoms with Crippen molar-refractivity contribution in [3.05, 3.63) is 0 Å². The lowest BCUT2D eigenvalue weighted by atomic mass is 9.49. The number of hydrogen-bond donors (Lipinski definition) is 2. The molecule has 29 heavy (non-hydrogen) atoms. The topological polar surface area (TPSA) is 67.6 Å². The third kappa shape index (κ3) is 3.51. The van der Waals surface area contributed by atoms with Gasteiger partial charge in [-0.3, -0.25) is 0 Å². The summed E-state index contributed by atoms with van der Waals surface area (Å²) < 4.78 is 0. The number of fused-ring (bicyclic) bond motifs is 5. The summed E-state index contributed by atoms with van der Waals surface area (Å²) in [6.07, 6.45) is 15.0. The average Bonchev–Trinajstić information content (AvgIpc) is 3.30. The Morgan fingerprint density at radius 2 is 1.66 bits per heavy atom. The Morgan fingerprint density at radius 3 is 2.41 bits per heavy atom. The second kappa shape index (κ2) is 7.43. The number of nitrogens with two attached hydrogens (primary N) is 2. The summed E-state index contributed by atoms with van der Waals surface area (Å²) in [5.41, 5.74) is 6.30. The molecule has 4 N–H and O–H groups in total. The van der Waals surface area contributed by atoms with Crippen LogP contribution in [0.2, 0.25) is 0 Å². The van der Waals surface area contributed by atoms with E-state index < -0.39 is 0 Å². The first-order chi connectivity index (χ1) is 13.9. The average molecular weight is 401 g/mol. The van der Waals surface area contributed by atoms with Gasteiger partial charge in [-0.15, -0.1) is 5.10 Å². The van der Waals surface area contributed by atoms with Crippen molar-refractivity contribution >= 4 is 5.84 Å². The Bertz CT molecular complexity index is 643. The van der Waals surface area contributed by atoms with Gasteiger partial charge in [0.15, 0.2) is 0 Å².